The van der Waals surface area contributed by atoms with Crippen LogP contribution in [0.5, 0.6) is 0 Å². The fourth-order valence-electron chi connectivity index (χ4n) is 2.68. The highest BCUT2D eigenvalue weighted by atomic mass is 14.4. The smallest absolute Gasteiger partial charge is 0.0852 e. The zero-order valence-electron chi connectivity index (χ0n) is 7.46. The minimum atomic E-state index is 0.829. The van der Waals surface area contributed by atoms with Crippen LogP contribution in [-0.2, 0) is 0 Å². The lowest BCUT2D eigenvalue weighted by atomic mass is 9.74. The molecule has 1 heterocycles. The maximum atomic E-state index is 2.48. The molecule has 1 aliphatic heterocycles. The summed E-state index contributed by atoms with van der Waals surface area (Å²) in [5.41, 5.74) is 0. The minimum absolute atomic E-state index is 0.829. The first-order valence-electron chi connectivity index (χ1n) is 4.79. The maximum absolute atomic E-state index is 2.48. The van der Waals surface area contributed by atoms with Gasteiger partial charge in [-0.3, -0.25) is 0 Å². The van der Waals surface area contributed by atoms with E-state index >= 15 is 0 Å². The molecule has 1 heteroatoms. The van der Waals surface area contributed by atoms with Gasteiger partial charge in [-0.25, -0.2) is 0 Å². The Bertz CT molecular complexity index is 156. The molecule has 0 aromatic rings. The van der Waals surface area contributed by atoms with Crippen LogP contribution in [-0.4, -0.2) is 7.28 Å². The van der Waals surface area contributed by atoms with Gasteiger partial charge in [0.1, 0.15) is 7.28 Å². The molecule has 0 bridgehead atoms. The second kappa shape index (κ2) is 2.69. The summed E-state index contributed by atoms with van der Waals surface area (Å²) < 4.78 is 0. The van der Waals surface area contributed by atoms with Crippen molar-refractivity contribution in [2.75, 3.05) is 0 Å². The summed E-state index contributed by atoms with van der Waals surface area (Å²) in [6.07, 6.45) is 7.54. The Hall–Kier alpha value is -0.195. The van der Waals surface area contributed by atoms with Crippen molar-refractivity contribution in [1.82, 2.24) is 0 Å². The molecule has 2 aliphatic rings. The van der Waals surface area contributed by atoms with Gasteiger partial charge in [0, 0.05) is 0 Å². The molecular weight excluding hydrogens is 131 g/mol. The van der Waals surface area contributed by atoms with E-state index in [1.165, 1.54) is 12.6 Å². The van der Waals surface area contributed by atoms with E-state index in [2.05, 4.69) is 33.3 Å². The van der Waals surface area contributed by atoms with Crippen molar-refractivity contribution in [3.63, 3.8) is 0 Å². The van der Waals surface area contributed by atoms with Gasteiger partial charge >= 0.3 is 0 Å². The molecule has 1 radical (unpaired) electrons. The molecular formula is C10H16B. The van der Waals surface area contributed by atoms with Gasteiger partial charge in [0.05, 0.1) is 0 Å². The van der Waals surface area contributed by atoms with E-state index in [0.29, 0.717) is 0 Å². The van der Waals surface area contributed by atoms with Gasteiger partial charge in [-0.05, 0) is 23.7 Å². The van der Waals surface area contributed by atoms with Crippen LogP contribution in [0.4, 0.5) is 0 Å². The molecule has 0 spiro atoms. The average molecular weight is 147 g/mol. The van der Waals surface area contributed by atoms with Gasteiger partial charge < -0.3 is 0 Å². The molecule has 2 rings (SSSR count). The van der Waals surface area contributed by atoms with Crippen molar-refractivity contribution in [2.24, 2.45) is 23.7 Å². The topological polar surface area (TPSA) is 0 Å². The Morgan fingerprint density at radius 1 is 1.00 bits per heavy atom. The highest BCUT2D eigenvalue weighted by molar-refractivity contribution is 6.36. The lowest BCUT2D eigenvalue weighted by molar-refractivity contribution is 0.268. The van der Waals surface area contributed by atoms with E-state index in [9.17, 15) is 0 Å². The third kappa shape index (κ3) is 1.15. The van der Waals surface area contributed by atoms with Crippen molar-refractivity contribution in [3.8, 4) is 0 Å². The van der Waals surface area contributed by atoms with E-state index in [1.807, 2.05) is 0 Å². The molecule has 0 aromatic heterocycles. The molecule has 0 amide bonds. The molecule has 0 saturated carbocycles. The Kier molecular flexibility index (Phi) is 1.82. The summed E-state index contributed by atoms with van der Waals surface area (Å²) in [6.45, 7) is 4.72. The summed E-state index contributed by atoms with van der Waals surface area (Å²) in [7, 11) is 2.48. The summed E-state index contributed by atoms with van der Waals surface area (Å²) >= 11 is 0. The SMILES string of the molecule is CC1C=CC(C)C2C[B]CC12. The highest BCUT2D eigenvalue weighted by Gasteiger charge is 2.35. The van der Waals surface area contributed by atoms with E-state index in [1.54, 1.807) is 0 Å². The Morgan fingerprint density at radius 3 is 1.91 bits per heavy atom. The molecule has 11 heavy (non-hydrogen) atoms. The quantitative estimate of drug-likeness (QED) is 0.365. The number of allylic oxidation sites excluding steroid dienone is 2. The second-order valence-corrected chi connectivity index (χ2v) is 4.19. The number of rotatable bonds is 0. The average Bonchev–Trinajstić information content (AvgIpc) is 2.45. The molecule has 1 saturated heterocycles. The van der Waals surface area contributed by atoms with E-state index in [-0.39, 0.29) is 0 Å². The van der Waals surface area contributed by atoms with E-state index < -0.39 is 0 Å². The molecule has 4 atom stereocenters. The van der Waals surface area contributed by atoms with Crippen molar-refractivity contribution in [1.29, 1.82) is 0 Å². The van der Waals surface area contributed by atoms with Crippen LogP contribution in [0, 0.1) is 23.7 Å². The molecule has 59 valence electrons. The minimum Gasteiger partial charge on any atom is -0.0852 e. The van der Waals surface area contributed by atoms with Crippen LogP contribution in [0.3, 0.4) is 0 Å². The number of hydrogen-bond donors (Lipinski definition) is 0. The van der Waals surface area contributed by atoms with Crippen molar-refractivity contribution in [3.05, 3.63) is 12.2 Å². The Balaban J connectivity index is 2.18. The van der Waals surface area contributed by atoms with Gasteiger partial charge in [-0.15, -0.1) is 0 Å². The second-order valence-electron chi connectivity index (χ2n) is 4.19. The Morgan fingerprint density at radius 2 is 1.45 bits per heavy atom. The Labute approximate surface area is 70.3 Å². The molecule has 0 nitrogen and oxygen atoms in total. The lowest BCUT2D eigenvalue weighted by Crippen LogP contribution is -2.23. The first-order valence-corrected chi connectivity index (χ1v) is 4.79. The fraction of sp³-hybridized carbons (Fsp3) is 0.800. The molecule has 1 aliphatic carbocycles. The van der Waals surface area contributed by atoms with Crippen LogP contribution in [0.15, 0.2) is 12.2 Å². The zero-order chi connectivity index (χ0) is 7.84. The fourth-order valence-corrected chi connectivity index (χ4v) is 2.68. The van der Waals surface area contributed by atoms with Gasteiger partial charge in [-0.1, -0.05) is 38.6 Å². The summed E-state index contributed by atoms with van der Waals surface area (Å²) in [6, 6.07) is 0. The van der Waals surface area contributed by atoms with Gasteiger partial charge in [0.2, 0.25) is 0 Å². The third-order valence-corrected chi connectivity index (χ3v) is 3.50. The molecule has 0 aromatic carbocycles. The first kappa shape index (κ1) is 7.45. The third-order valence-electron chi connectivity index (χ3n) is 3.50. The lowest BCUT2D eigenvalue weighted by Gasteiger charge is -2.32. The number of fused-ring (bicyclic) bond motifs is 1. The predicted molar refractivity (Wildman–Crippen MR) is 49.8 cm³/mol. The summed E-state index contributed by atoms with van der Waals surface area (Å²) in [4.78, 5) is 0. The molecule has 4 unspecified atom stereocenters. The van der Waals surface area contributed by atoms with E-state index in [4.69, 9.17) is 0 Å². The molecule has 0 N–H and O–H groups in total. The maximum Gasteiger partial charge on any atom is 0.110 e. The number of hydrogen-bond acceptors (Lipinski definition) is 0. The predicted octanol–water partition coefficient (Wildman–Crippen LogP) is 2.62. The van der Waals surface area contributed by atoms with Crippen LogP contribution < -0.4 is 0 Å². The monoisotopic (exact) mass is 147 g/mol. The van der Waals surface area contributed by atoms with Crippen LogP contribution in [0.2, 0.25) is 12.6 Å². The van der Waals surface area contributed by atoms with Gasteiger partial charge in [-0.2, -0.15) is 0 Å². The van der Waals surface area contributed by atoms with E-state index in [0.717, 1.165) is 23.7 Å². The normalized spacial score (nSPS) is 48.5. The summed E-state index contributed by atoms with van der Waals surface area (Å²) in [5, 5.41) is 0. The van der Waals surface area contributed by atoms with Crippen LogP contribution in [0.1, 0.15) is 13.8 Å². The van der Waals surface area contributed by atoms with Crippen molar-refractivity contribution in [2.45, 2.75) is 26.5 Å². The van der Waals surface area contributed by atoms with Crippen molar-refractivity contribution < 1.29 is 0 Å². The summed E-state index contributed by atoms with van der Waals surface area (Å²) in [5.74, 6) is 3.59. The standard InChI is InChI=1S/C10H16B/c1-7-3-4-8(2)10-6-11-5-9(7)10/h3-4,7-10H,5-6H2,1-2H3. The highest BCUT2D eigenvalue weighted by Crippen LogP contribution is 2.43. The van der Waals surface area contributed by atoms with Gasteiger partial charge in [0.25, 0.3) is 0 Å². The molecule has 1 fully saturated rings. The van der Waals surface area contributed by atoms with Crippen LogP contribution >= 0.6 is 0 Å². The largest absolute Gasteiger partial charge is 0.110 e. The zero-order valence-corrected chi connectivity index (χ0v) is 7.46. The van der Waals surface area contributed by atoms with Gasteiger partial charge in [0.15, 0.2) is 0 Å². The first-order chi connectivity index (χ1) is 5.29. The van der Waals surface area contributed by atoms with Crippen LogP contribution in [0.25, 0.3) is 0 Å². The van der Waals surface area contributed by atoms with Crippen molar-refractivity contribution >= 4 is 7.28 Å².